The predicted octanol–water partition coefficient (Wildman–Crippen LogP) is 2.36. The van der Waals surface area contributed by atoms with E-state index in [1.165, 1.54) is 12.1 Å². The molecule has 2 fully saturated rings. The van der Waals surface area contributed by atoms with E-state index in [2.05, 4.69) is 22.2 Å². The number of carbonyl (C=O) groups excluding carboxylic acids is 2. The zero-order chi connectivity index (χ0) is 23.7. The van der Waals surface area contributed by atoms with Crippen LogP contribution in [0.5, 0.6) is 0 Å². The first kappa shape index (κ1) is 23.0. The Morgan fingerprint density at radius 3 is 2.47 bits per heavy atom. The highest BCUT2D eigenvalue weighted by molar-refractivity contribution is 5.93. The number of piperidine rings is 2. The average Bonchev–Trinajstić information content (AvgIpc) is 3.29. The summed E-state index contributed by atoms with van der Waals surface area (Å²) in [5, 5.41) is 3.22. The van der Waals surface area contributed by atoms with Gasteiger partial charge in [0.05, 0.1) is 25.2 Å². The number of nitrogens with one attached hydrogen (secondary N) is 1. The second-order valence-electron chi connectivity index (χ2n) is 9.70. The maximum Gasteiger partial charge on any atom is 0.274 e. The van der Waals surface area contributed by atoms with Crippen LogP contribution >= 0.6 is 0 Å². The Morgan fingerprint density at radius 2 is 1.76 bits per heavy atom. The Hall–Kier alpha value is -2.78. The van der Waals surface area contributed by atoms with E-state index < -0.39 is 0 Å². The molecule has 3 aliphatic heterocycles. The first-order valence-electron chi connectivity index (χ1n) is 12.2. The van der Waals surface area contributed by atoms with Crippen LogP contribution in [0.3, 0.4) is 0 Å². The zero-order valence-corrected chi connectivity index (χ0v) is 19.6. The highest BCUT2D eigenvalue weighted by Gasteiger charge is 2.33. The van der Waals surface area contributed by atoms with E-state index in [1.807, 2.05) is 4.57 Å². The molecule has 9 heteroatoms. The Kier molecular flexibility index (Phi) is 6.65. The number of aromatic nitrogens is 2. The van der Waals surface area contributed by atoms with Crippen LogP contribution in [0.2, 0.25) is 0 Å². The third-order valence-electron chi connectivity index (χ3n) is 7.39. The lowest BCUT2D eigenvalue weighted by molar-refractivity contribution is -0.127. The lowest BCUT2D eigenvalue weighted by atomic mass is 9.94. The maximum atomic E-state index is 13.2. The average molecular weight is 470 g/mol. The van der Waals surface area contributed by atoms with E-state index in [4.69, 9.17) is 4.74 Å². The van der Waals surface area contributed by atoms with Gasteiger partial charge in [0.1, 0.15) is 11.9 Å². The molecule has 1 atom stereocenters. The molecular formula is C25H32FN5O3. The number of benzene rings is 1. The Morgan fingerprint density at radius 1 is 1.06 bits per heavy atom. The molecule has 8 nitrogen and oxygen atoms in total. The van der Waals surface area contributed by atoms with Crippen molar-refractivity contribution in [2.75, 3.05) is 33.2 Å². The van der Waals surface area contributed by atoms with Crippen LogP contribution in [-0.4, -0.2) is 70.4 Å². The van der Waals surface area contributed by atoms with E-state index in [1.54, 1.807) is 23.4 Å². The predicted molar refractivity (Wildman–Crippen MR) is 123 cm³/mol. The van der Waals surface area contributed by atoms with Crippen molar-refractivity contribution >= 4 is 11.8 Å². The van der Waals surface area contributed by atoms with Crippen LogP contribution in [0, 0.1) is 11.7 Å². The van der Waals surface area contributed by atoms with Crippen molar-refractivity contribution in [3.05, 3.63) is 53.4 Å². The van der Waals surface area contributed by atoms with Crippen molar-refractivity contribution < 1.29 is 18.7 Å². The van der Waals surface area contributed by atoms with Crippen molar-refractivity contribution in [1.82, 2.24) is 24.7 Å². The molecule has 0 aliphatic carbocycles. The highest BCUT2D eigenvalue weighted by atomic mass is 19.1. The fourth-order valence-corrected chi connectivity index (χ4v) is 5.15. The summed E-state index contributed by atoms with van der Waals surface area (Å²) in [5.41, 5.74) is 2.09. The van der Waals surface area contributed by atoms with Crippen molar-refractivity contribution in [3.63, 3.8) is 0 Å². The van der Waals surface area contributed by atoms with Crippen LogP contribution in [0.4, 0.5) is 4.39 Å². The number of hydrogen-bond donors (Lipinski definition) is 1. The van der Waals surface area contributed by atoms with Gasteiger partial charge in [-0.1, -0.05) is 12.1 Å². The van der Waals surface area contributed by atoms with E-state index in [0.29, 0.717) is 38.2 Å². The molecule has 2 saturated heterocycles. The number of likely N-dealkylation sites (tertiary alicyclic amines) is 2. The lowest BCUT2D eigenvalue weighted by Crippen LogP contribution is -2.48. The van der Waals surface area contributed by atoms with E-state index in [0.717, 1.165) is 37.2 Å². The van der Waals surface area contributed by atoms with Gasteiger partial charge in [-0.05, 0) is 63.5 Å². The summed E-state index contributed by atoms with van der Waals surface area (Å²) in [4.78, 5) is 34.4. The van der Waals surface area contributed by atoms with E-state index >= 15 is 0 Å². The molecule has 2 aromatic rings. The van der Waals surface area contributed by atoms with Crippen molar-refractivity contribution in [2.45, 2.75) is 51.0 Å². The molecule has 34 heavy (non-hydrogen) atoms. The topological polar surface area (TPSA) is 79.7 Å². The molecule has 3 aliphatic rings. The SMILES string of the molecule is CN1CCC(NC(=O)C2CCN(C(=O)c3ncn4c3COC(c3ccc(F)cc3)C4)CC2)CC1. The van der Waals surface area contributed by atoms with Crippen LogP contribution < -0.4 is 5.32 Å². The van der Waals surface area contributed by atoms with Gasteiger partial charge in [0.15, 0.2) is 5.69 Å². The summed E-state index contributed by atoms with van der Waals surface area (Å²) in [7, 11) is 2.11. The first-order valence-corrected chi connectivity index (χ1v) is 12.2. The Balaban J connectivity index is 1.15. The number of ether oxygens (including phenoxy) is 1. The monoisotopic (exact) mass is 469 g/mol. The van der Waals surface area contributed by atoms with Gasteiger partial charge in [-0.2, -0.15) is 0 Å². The fourth-order valence-electron chi connectivity index (χ4n) is 5.15. The number of nitrogens with zero attached hydrogens (tertiary/aromatic N) is 4. The summed E-state index contributed by atoms with van der Waals surface area (Å²) >= 11 is 0. The lowest BCUT2D eigenvalue weighted by Gasteiger charge is -2.34. The standard InChI is InChI=1S/C25H32FN5O3/c1-29-10-8-20(9-11-29)28-24(32)18-6-12-30(13-7-18)25(33)23-21-15-34-22(14-31(21)16-27-23)17-2-4-19(26)5-3-17/h2-5,16,18,20,22H,6-15H2,1H3,(H,28,32). The number of hydrogen-bond acceptors (Lipinski definition) is 5. The van der Waals surface area contributed by atoms with Gasteiger partial charge in [-0.3, -0.25) is 9.59 Å². The third-order valence-corrected chi connectivity index (χ3v) is 7.39. The van der Waals surface area contributed by atoms with Crippen molar-refractivity contribution in [1.29, 1.82) is 0 Å². The zero-order valence-electron chi connectivity index (χ0n) is 19.6. The van der Waals surface area contributed by atoms with Crippen LogP contribution in [0.25, 0.3) is 0 Å². The van der Waals surface area contributed by atoms with Gasteiger partial charge in [-0.25, -0.2) is 9.37 Å². The van der Waals surface area contributed by atoms with Crippen molar-refractivity contribution in [2.24, 2.45) is 5.92 Å². The normalized spacial score (nSPS) is 22.4. The molecule has 1 unspecified atom stereocenters. The van der Waals surface area contributed by atoms with Gasteiger partial charge < -0.3 is 24.4 Å². The number of imidazole rings is 1. The second kappa shape index (κ2) is 9.84. The number of halogens is 1. The van der Waals surface area contributed by atoms with Crippen LogP contribution in [0.15, 0.2) is 30.6 Å². The highest BCUT2D eigenvalue weighted by Crippen LogP contribution is 2.29. The second-order valence-corrected chi connectivity index (χ2v) is 9.70. The molecule has 182 valence electrons. The summed E-state index contributed by atoms with van der Waals surface area (Å²) in [6.07, 6.45) is 4.81. The molecule has 0 radical (unpaired) electrons. The molecule has 1 aromatic carbocycles. The van der Waals surface area contributed by atoms with E-state index in [9.17, 15) is 14.0 Å². The summed E-state index contributed by atoms with van der Waals surface area (Å²) in [6, 6.07) is 6.56. The molecule has 2 amide bonds. The molecule has 1 N–H and O–H groups in total. The third kappa shape index (κ3) is 4.86. The maximum absolute atomic E-state index is 13.2. The fraction of sp³-hybridized carbons (Fsp3) is 0.560. The largest absolute Gasteiger partial charge is 0.365 e. The first-order chi connectivity index (χ1) is 16.5. The van der Waals surface area contributed by atoms with E-state index in [-0.39, 0.29) is 42.3 Å². The minimum absolute atomic E-state index is 0.0422. The smallest absolute Gasteiger partial charge is 0.274 e. The van der Waals surface area contributed by atoms with Crippen LogP contribution in [-0.2, 0) is 22.7 Å². The van der Waals surface area contributed by atoms with Crippen LogP contribution in [0.1, 0.15) is 53.5 Å². The number of fused-ring (bicyclic) bond motifs is 1. The molecule has 1 aromatic heterocycles. The minimum atomic E-state index is -0.279. The molecule has 0 bridgehead atoms. The summed E-state index contributed by atoms with van der Waals surface area (Å²) in [5.74, 6) is -0.300. The Labute approximate surface area is 199 Å². The Bertz CT molecular complexity index is 1020. The summed E-state index contributed by atoms with van der Waals surface area (Å²) < 4.78 is 21.2. The quantitative estimate of drug-likeness (QED) is 0.744. The molecular weight excluding hydrogens is 437 g/mol. The van der Waals surface area contributed by atoms with Gasteiger partial charge in [0, 0.05) is 25.0 Å². The van der Waals surface area contributed by atoms with Gasteiger partial charge in [0.2, 0.25) is 5.91 Å². The number of amides is 2. The summed E-state index contributed by atoms with van der Waals surface area (Å²) in [6.45, 7) is 3.94. The molecule has 0 spiro atoms. The van der Waals surface area contributed by atoms with Gasteiger partial charge >= 0.3 is 0 Å². The number of rotatable bonds is 4. The van der Waals surface area contributed by atoms with Gasteiger partial charge in [-0.15, -0.1) is 0 Å². The molecule has 4 heterocycles. The van der Waals surface area contributed by atoms with Crippen molar-refractivity contribution in [3.8, 4) is 0 Å². The number of carbonyl (C=O) groups is 2. The molecule has 5 rings (SSSR count). The minimum Gasteiger partial charge on any atom is -0.365 e. The molecule has 0 saturated carbocycles. The van der Waals surface area contributed by atoms with Gasteiger partial charge in [0.25, 0.3) is 5.91 Å².